The average Bonchev–Trinajstić information content (AvgIpc) is 2.14. The molecule has 0 fully saturated rings. The van der Waals surface area contributed by atoms with E-state index in [1.54, 1.807) is 6.92 Å². The SMILES string of the molecule is CCCC(=O)CSc1nc(C)cc(=O)[nH]1. The minimum atomic E-state index is -0.173. The molecule has 0 bridgehead atoms. The Kier molecular flexibility index (Phi) is 4.55. The Bertz CT molecular complexity index is 401. The molecule has 1 heterocycles. The number of rotatable bonds is 5. The van der Waals surface area contributed by atoms with E-state index in [-0.39, 0.29) is 11.3 Å². The Morgan fingerprint density at radius 3 is 2.93 bits per heavy atom. The third-order valence-electron chi connectivity index (χ3n) is 1.75. The molecule has 0 amide bonds. The maximum atomic E-state index is 11.2. The van der Waals surface area contributed by atoms with E-state index in [2.05, 4.69) is 9.97 Å². The minimum Gasteiger partial charge on any atom is -0.301 e. The number of hydrogen-bond acceptors (Lipinski definition) is 4. The molecule has 0 aromatic carbocycles. The molecule has 15 heavy (non-hydrogen) atoms. The summed E-state index contributed by atoms with van der Waals surface area (Å²) in [4.78, 5) is 29.0. The number of H-pyrrole nitrogens is 1. The predicted molar refractivity (Wildman–Crippen MR) is 60.2 cm³/mol. The molecule has 0 aliphatic heterocycles. The van der Waals surface area contributed by atoms with E-state index in [4.69, 9.17) is 0 Å². The highest BCUT2D eigenvalue weighted by atomic mass is 32.2. The van der Waals surface area contributed by atoms with Crippen LogP contribution in [0.25, 0.3) is 0 Å². The highest BCUT2D eigenvalue weighted by Gasteiger charge is 2.04. The summed E-state index contributed by atoms with van der Waals surface area (Å²) >= 11 is 1.28. The van der Waals surface area contributed by atoms with Gasteiger partial charge in [-0.05, 0) is 13.3 Å². The predicted octanol–water partition coefficient (Wildman–Crippen LogP) is 1.54. The lowest BCUT2D eigenvalue weighted by molar-refractivity contribution is -0.116. The van der Waals surface area contributed by atoms with Crippen LogP contribution in [-0.2, 0) is 4.79 Å². The molecule has 1 aromatic rings. The average molecular weight is 226 g/mol. The lowest BCUT2D eigenvalue weighted by Gasteiger charge is -2.00. The van der Waals surface area contributed by atoms with Crippen LogP contribution in [0.5, 0.6) is 0 Å². The molecule has 0 aliphatic rings. The second-order valence-corrected chi connectivity index (χ2v) is 4.23. The van der Waals surface area contributed by atoms with Crippen molar-refractivity contribution in [2.45, 2.75) is 31.8 Å². The molecular formula is C10H14N2O2S. The number of carbonyl (C=O) groups is 1. The second kappa shape index (κ2) is 5.70. The summed E-state index contributed by atoms with van der Waals surface area (Å²) in [6.07, 6.45) is 1.44. The Balaban J connectivity index is 2.58. The number of aryl methyl sites for hydroxylation is 1. The third kappa shape index (κ3) is 4.29. The number of ketones is 1. The summed E-state index contributed by atoms with van der Waals surface area (Å²) < 4.78 is 0. The van der Waals surface area contributed by atoms with E-state index in [1.165, 1.54) is 17.8 Å². The summed E-state index contributed by atoms with van der Waals surface area (Å²) in [7, 11) is 0. The van der Waals surface area contributed by atoms with Crippen molar-refractivity contribution in [1.29, 1.82) is 0 Å². The molecule has 0 spiro atoms. The molecule has 0 atom stereocenters. The van der Waals surface area contributed by atoms with Crippen LogP contribution in [0.3, 0.4) is 0 Å². The topological polar surface area (TPSA) is 62.8 Å². The van der Waals surface area contributed by atoms with E-state index in [9.17, 15) is 9.59 Å². The van der Waals surface area contributed by atoms with Gasteiger partial charge >= 0.3 is 0 Å². The van der Waals surface area contributed by atoms with Crippen LogP contribution < -0.4 is 5.56 Å². The van der Waals surface area contributed by atoms with E-state index in [0.717, 1.165) is 6.42 Å². The molecule has 5 heteroatoms. The first-order valence-electron chi connectivity index (χ1n) is 4.84. The van der Waals surface area contributed by atoms with Gasteiger partial charge < -0.3 is 4.98 Å². The van der Waals surface area contributed by atoms with Crippen LogP contribution in [0.2, 0.25) is 0 Å². The van der Waals surface area contributed by atoms with Gasteiger partial charge in [0, 0.05) is 18.2 Å². The number of nitrogens with zero attached hydrogens (tertiary/aromatic N) is 1. The van der Waals surface area contributed by atoms with Crippen molar-refractivity contribution < 1.29 is 4.79 Å². The quantitative estimate of drug-likeness (QED) is 0.611. The molecule has 1 aromatic heterocycles. The van der Waals surface area contributed by atoms with Gasteiger partial charge in [0.1, 0.15) is 5.78 Å². The van der Waals surface area contributed by atoms with Crippen LogP contribution in [0.1, 0.15) is 25.5 Å². The Hall–Kier alpha value is -1.10. The van der Waals surface area contributed by atoms with Crippen molar-refractivity contribution in [3.8, 4) is 0 Å². The van der Waals surface area contributed by atoms with Gasteiger partial charge in [-0.25, -0.2) is 4.98 Å². The smallest absolute Gasteiger partial charge is 0.251 e. The minimum absolute atomic E-state index is 0.173. The lowest BCUT2D eigenvalue weighted by Crippen LogP contribution is -2.09. The summed E-state index contributed by atoms with van der Waals surface area (Å²) in [5, 5.41) is 0.518. The Morgan fingerprint density at radius 1 is 1.60 bits per heavy atom. The van der Waals surface area contributed by atoms with Gasteiger partial charge in [-0.2, -0.15) is 0 Å². The van der Waals surface area contributed by atoms with Gasteiger partial charge in [-0.1, -0.05) is 18.7 Å². The first kappa shape index (κ1) is 12.0. The first-order valence-corrected chi connectivity index (χ1v) is 5.83. The number of aromatic amines is 1. The van der Waals surface area contributed by atoms with Gasteiger partial charge in [0.15, 0.2) is 5.16 Å². The fraction of sp³-hybridized carbons (Fsp3) is 0.500. The zero-order chi connectivity index (χ0) is 11.3. The summed E-state index contributed by atoms with van der Waals surface area (Å²) in [5.41, 5.74) is 0.497. The van der Waals surface area contributed by atoms with Gasteiger partial charge in [-0.15, -0.1) is 0 Å². The van der Waals surface area contributed by atoms with Crippen molar-refractivity contribution in [2.75, 3.05) is 5.75 Å². The number of hydrogen-bond donors (Lipinski definition) is 1. The fourth-order valence-corrected chi connectivity index (χ4v) is 1.94. The zero-order valence-corrected chi connectivity index (χ0v) is 9.69. The van der Waals surface area contributed by atoms with E-state index in [1.807, 2.05) is 6.92 Å². The van der Waals surface area contributed by atoms with Gasteiger partial charge in [0.25, 0.3) is 5.56 Å². The number of nitrogens with one attached hydrogen (secondary N) is 1. The second-order valence-electron chi connectivity index (χ2n) is 3.27. The van der Waals surface area contributed by atoms with Crippen LogP contribution in [0.15, 0.2) is 16.0 Å². The number of aromatic nitrogens is 2. The molecule has 1 N–H and O–H groups in total. The maximum absolute atomic E-state index is 11.2. The zero-order valence-electron chi connectivity index (χ0n) is 8.87. The van der Waals surface area contributed by atoms with Crippen LogP contribution in [0.4, 0.5) is 0 Å². The Labute approximate surface area is 92.5 Å². The molecule has 1 rings (SSSR count). The number of thioether (sulfide) groups is 1. The Morgan fingerprint density at radius 2 is 2.33 bits per heavy atom. The van der Waals surface area contributed by atoms with Crippen LogP contribution in [-0.4, -0.2) is 21.5 Å². The third-order valence-corrected chi connectivity index (χ3v) is 2.68. The summed E-state index contributed by atoms with van der Waals surface area (Å²) in [6.45, 7) is 3.72. The van der Waals surface area contributed by atoms with Crippen LogP contribution >= 0.6 is 11.8 Å². The first-order chi connectivity index (χ1) is 7.11. The number of carbonyl (C=O) groups excluding carboxylic acids is 1. The standard InChI is InChI=1S/C10H14N2O2S/c1-3-4-8(13)6-15-10-11-7(2)5-9(14)12-10/h5H,3-4,6H2,1-2H3,(H,11,12,14). The van der Waals surface area contributed by atoms with Gasteiger partial charge in [0.05, 0.1) is 5.75 Å². The molecule has 82 valence electrons. The van der Waals surface area contributed by atoms with Crippen molar-refractivity contribution >= 4 is 17.5 Å². The van der Waals surface area contributed by atoms with Crippen molar-refractivity contribution in [1.82, 2.24) is 9.97 Å². The monoisotopic (exact) mass is 226 g/mol. The van der Waals surface area contributed by atoms with Gasteiger partial charge in [-0.3, -0.25) is 9.59 Å². The highest BCUT2D eigenvalue weighted by molar-refractivity contribution is 7.99. The summed E-state index contributed by atoms with van der Waals surface area (Å²) in [5.74, 6) is 0.562. The van der Waals surface area contributed by atoms with E-state index >= 15 is 0 Å². The maximum Gasteiger partial charge on any atom is 0.251 e. The van der Waals surface area contributed by atoms with E-state index < -0.39 is 0 Å². The summed E-state index contributed by atoms with van der Waals surface area (Å²) in [6, 6.07) is 1.43. The molecule has 0 saturated heterocycles. The molecule has 0 unspecified atom stereocenters. The molecule has 0 aliphatic carbocycles. The largest absolute Gasteiger partial charge is 0.301 e. The van der Waals surface area contributed by atoms with Crippen molar-refractivity contribution in [3.05, 3.63) is 22.1 Å². The normalized spacial score (nSPS) is 10.3. The van der Waals surface area contributed by atoms with Crippen molar-refractivity contribution in [3.63, 3.8) is 0 Å². The van der Waals surface area contributed by atoms with Crippen LogP contribution in [0, 0.1) is 6.92 Å². The molecule has 4 nitrogen and oxygen atoms in total. The molecular weight excluding hydrogens is 212 g/mol. The molecule has 0 radical (unpaired) electrons. The van der Waals surface area contributed by atoms with E-state index in [0.29, 0.717) is 23.0 Å². The van der Waals surface area contributed by atoms with Crippen molar-refractivity contribution in [2.24, 2.45) is 0 Å². The van der Waals surface area contributed by atoms with Gasteiger partial charge in [0.2, 0.25) is 0 Å². The lowest BCUT2D eigenvalue weighted by atomic mass is 10.3. The fourth-order valence-electron chi connectivity index (χ4n) is 1.12. The molecule has 0 saturated carbocycles. The number of Topliss-reactive ketones (excluding diaryl/α,β-unsaturated/α-hetero) is 1. The highest BCUT2D eigenvalue weighted by Crippen LogP contribution is 2.11.